The summed E-state index contributed by atoms with van der Waals surface area (Å²) >= 11 is 0. The van der Waals surface area contributed by atoms with Crippen molar-refractivity contribution in [2.75, 3.05) is 0 Å². The molecule has 2 heteroatoms. The number of aromatic nitrogens is 2. The summed E-state index contributed by atoms with van der Waals surface area (Å²) in [5, 5.41) is 8.55. The third-order valence-corrected chi connectivity index (χ3v) is 3.16. The van der Waals surface area contributed by atoms with Crippen molar-refractivity contribution < 1.29 is 0 Å². The number of benzene rings is 1. The minimum atomic E-state index is 1.01. The highest BCUT2D eigenvalue weighted by atomic mass is 15.1. The van der Waals surface area contributed by atoms with Gasteiger partial charge in [-0.2, -0.15) is 5.10 Å². The van der Waals surface area contributed by atoms with E-state index >= 15 is 0 Å². The van der Waals surface area contributed by atoms with Crippen LogP contribution in [0, 0.1) is 6.92 Å². The van der Waals surface area contributed by atoms with Gasteiger partial charge in [0.05, 0.1) is 11.4 Å². The van der Waals surface area contributed by atoms with E-state index in [4.69, 9.17) is 0 Å². The molecule has 0 fully saturated rings. The fraction of sp³-hybridized carbons (Fsp3) is 0.412. The van der Waals surface area contributed by atoms with Crippen molar-refractivity contribution >= 4 is 0 Å². The zero-order chi connectivity index (χ0) is 13.7. The molecule has 1 aliphatic carbocycles. The van der Waals surface area contributed by atoms with Gasteiger partial charge in [0.25, 0.3) is 0 Å². The standard InChI is InChI=1S/C14H14N2.C3H8/c1-10-9-12-7-4-6-11-5-2-3-8-13(11)14(12)16-15-10;1-3-2/h2-3,5,8-9H,4,6-7H2,1H3;3H2,1-2H3. The molecule has 0 spiro atoms. The maximum Gasteiger partial charge on any atom is 0.0964 e. The predicted octanol–water partition coefficient (Wildman–Crippen LogP) is 4.36. The molecule has 0 saturated heterocycles. The normalized spacial score (nSPS) is 12.6. The van der Waals surface area contributed by atoms with Crippen molar-refractivity contribution in [3.8, 4) is 11.3 Å². The third kappa shape index (κ3) is 3.19. The molecule has 0 unspecified atom stereocenters. The number of aryl methyl sites for hydroxylation is 3. The highest BCUT2D eigenvalue weighted by Crippen LogP contribution is 2.30. The number of hydrogen-bond donors (Lipinski definition) is 0. The molecular weight excluding hydrogens is 232 g/mol. The lowest BCUT2D eigenvalue weighted by Gasteiger charge is -2.07. The van der Waals surface area contributed by atoms with Gasteiger partial charge in [-0.15, -0.1) is 5.10 Å². The van der Waals surface area contributed by atoms with Gasteiger partial charge in [0.1, 0.15) is 0 Å². The molecule has 3 rings (SSSR count). The molecule has 2 aromatic rings. The van der Waals surface area contributed by atoms with E-state index in [1.165, 1.54) is 29.5 Å². The number of rotatable bonds is 0. The molecule has 1 aliphatic rings. The van der Waals surface area contributed by atoms with Crippen LogP contribution in [-0.4, -0.2) is 10.2 Å². The van der Waals surface area contributed by atoms with Crippen LogP contribution in [0.4, 0.5) is 0 Å². The first-order valence-corrected chi connectivity index (χ1v) is 7.17. The van der Waals surface area contributed by atoms with Crippen LogP contribution in [0.5, 0.6) is 0 Å². The summed E-state index contributed by atoms with van der Waals surface area (Å²) in [7, 11) is 0. The molecule has 19 heavy (non-hydrogen) atoms. The molecule has 2 nitrogen and oxygen atoms in total. The Labute approximate surface area is 115 Å². The average molecular weight is 254 g/mol. The van der Waals surface area contributed by atoms with Gasteiger partial charge in [0, 0.05) is 5.56 Å². The summed E-state index contributed by atoms with van der Waals surface area (Å²) in [4.78, 5) is 0. The van der Waals surface area contributed by atoms with Crippen LogP contribution < -0.4 is 0 Å². The molecule has 1 heterocycles. The predicted molar refractivity (Wildman–Crippen MR) is 80.2 cm³/mol. The van der Waals surface area contributed by atoms with Gasteiger partial charge in [0.2, 0.25) is 0 Å². The number of hydrogen-bond acceptors (Lipinski definition) is 2. The maximum absolute atomic E-state index is 4.37. The summed E-state index contributed by atoms with van der Waals surface area (Å²) in [5.41, 5.74) is 6.11. The fourth-order valence-electron chi connectivity index (χ4n) is 2.40. The lowest BCUT2D eigenvalue weighted by atomic mass is 10.0. The minimum absolute atomic E-state index is 1.01. The summed E-state index contributed by atoms with van der Waals surface area (Å²) in [6.45, 7) is 6.25. The van der Waals surface area contributed by atoms with Gasteiger partial charge in [-0.05, 0) is 43.4 Å². The lowest BCUT2D eigenvalue weighted by molar-refractivity contribution is 0.826. The molecule has 0 saturated carbocycles. The molecule has 1 aromatic carbocycles. The van der Waals surface area contributed by atoms with Crippen LogP contribution in [0.3, 0.4) is 0 Å². The summed E-state index contributed by atoms with van der Waals surface area (Å²) in [6, 6.07) is 10.7. The Hall–Kier alpha value is -1.70. The van der Waals surface area contributed by atoms with Crippen LogP contribution in [0.1, 0.15) is 43.5 Å². The summed E-state index contributed by atoms with van der Waals surface area (Å²) < 4.78 is 0. The number of nitrogens with zero attached hydrogens (tertiary/aromatic N) is 2. The van der Waals surface area contributed by atoms with E-state index < -0.39 is 0 Å². The highest BCUT2D eigenvalue weighted by molar-refractivity contribution is 5.67. The van der Waals surface area contributed by atoms with Crippen LogP contribution >= 0.6 is 0 Å². The van der Waals surface area contributed by atoms with Crippen molar-refractivity contribution in [2.45, 2.75) is 46.5 Å². The van der Waals surface area contributed by atoms with E-state index in [1.807, 2.05) is 6.92 Å². The van der Waals surface area contributed by atoms with E-state index in [0.29, 0.717) is 0 Å². The molecule has 0 aliphatic heterocycles. The Bertz CT molecular complexity index is 547. The van der Waals surface area contributed by atoms with E-state index in [-0.39, 0.29) is 0 Å². The molecule has 0 radical (unpaired) electrons. The van der Waals surface area contributed by atoms with Crippen LogP contribution in [0.15, 0.2) is 30.3 Å². The Morgan fingerprint density at radius 3 is 2.47 bits per heavy atom. The SMILES string of the molecule is CCC.Cc1cc2c(nn1)-c1ccccc1CCC2. The monoisotopic (exact) mass is 254 g/mol. The quantitative estimate of drug-likeness (QED) is 0.698. The first-order chi connectivity index (χ1) is 9.26. The molecule has 0 atom stereocenters. The highest BCUT2D eigenvalue weighted by Gasteiger charge is 2.15. The Morgan fingerprint density at radius 1 is 1.00 bits per heavy atom. The van der Waals surface area contributed by atoms with E-state index in [9.17, 15) is 0 Å². The largest absolute Gasteiger partial charge is 0.155 e. The van der Waals surface area contributed by atoms with Crippen LogP contribution in [0.25, 0.3) is 11.3 Å². The summed E-state index contributed by atoms with van der Waals surface area (Å²) in [5.74, 6) is 0. The first-order valence-electron chi connectivity index (χ1n) is 7.17. The van der Waals surface area contributed by atoms with Crippen LogP contribution in [0.2, 0.25) is 0 Å². The topological polar surface area (TPSA) is 25.8 Å². The van der Waals surface area contributed by atoms with Gasteiger partial charge >= 0.3 is 0 Å². The Balaban J connectivity index is 0.000000408. The Morgan fingerprint density at radius 2 is 1.68 bits per heavy atom. The zero-order valence-electron chi connectivity index (χ0n) is 12.1. The zero-order valence-corrected chi connectivity index (χ0v) is 12.1. The van der Waals surface area contributed by atoms with Crippen LogP contribution in [-0.2, 0) is 12.8 Å². The molecule has 0 N–H and O–H groups in total. The molecule has 0 bridgehead atoms. The second-order valence-electron chi connectivity index (χ2n) is 5.08. The van der Waals surface area contributed by atoms with Crippen molar-refractivity contribution in [3.05, 3.63) is 47.2 Å². The second-order valence-corrected chi connectivity index (χ2v) is 5.08. The van der Waals surface area contributed by atoms with Crippen molar-refractivity contribution in [3.63, 3.8) is 0 Å². The van der Waals surface area contributed by atoms with Gasteiger partial charge < -0.3 is 0 Å². The second kappa shape index (κ2) is 6.46. The first kappa shape index (κ1) is 13.7. The van der Waals surface area contributed by atoms with Crippen molar-refractivity contribution in [2.24, 2.45) is 0 Å². The van der Waals surface area contributed by atoms with E-state index in [0.717, 1.165) is 24.2 Å². The van der Waals surface area contributed by atoms with Gasteiger partial charge in [0.15, 0.2) is 0 Å². The maximum atomic E-state index is 4.37. The lowest BCUT2D eigenvalue weighted by Crippen LogP contribution is -1.96. The molecule has 100 valence electrons. The third-order valence-electron chi connectivity index (χ3n) is 3.16. The smallest absolute Gasteiger partial charge is 0.0964 e. The van der Waals surface area contributed by atoms with Crippen molar-refractivity contribution in [1.29, 1.82) is 0 Å². The molecular formula is C17H22N2. The number of fused-ring (bicyclic) bond motifs is 3. The van der Waals surface area contributed by atoms with Gasteiger partial charge in [-0.3, -0.25) is 0 Å². The minimum Gasteiger partial charge on any atom is -0.155 e. The van der Waals surface area contributed by atoms with E-state index in [1.54, 1.807) is 0 Å². The van der Waals surface area contributed by atoms with Crippen molar-refractivity contribution in [1.82, 2.24) is 10.2 Å². The Kier molecular flexibility index (Phi) is 4.67. The molecule has 1 aromatic heterocycles. The van der Waals surface area contributed by atoms with E-state index in [2.05, 4.69) is 54.4 Å². The fourth-order valence-corrected chi connectivity index (χ4v) is 2.40. The average Bonchev–Trinajstić information content (AvgIpc) is 2.58. The summed E-state index contributed by atoms with van der Waals surface area (Å²) in [6.07, 6.45) is 4.71. The molecule has 0 amide bonds. The van der Waals surface area contributed by atoms with Gasteiger partial charge in [-0.25, -0.2) is 0 Å². The van der Waals surface area contributed by atoms with Gasteiger partial charge in [-0.1, -0.05) is 44.5 Å².